The van der Waals surface area contributed by atoms with E-state index in [0.29, 0.717) is 0 Å². The third kappa shape index (κ3) is 1.51. The zero-order valence-corrected chi connectivity index (χ0v) is 9.65. The molecular formula is C12H10OS2. The molecule has 0 bridgehead atoms. The van der Waals surface area contributed by atoms with Crippen molar-refractivity contribution in [2.45, 2.75) is 16.8 Å². The highest BCUT2D eigenvalue weighted by Crippen LogP contribution is 2.41. The van der Waals surface area contributed by atoms with Crippen molar-refractivity contribution in [1.82, 2.24) is 0 Å². The molecule has 1 atom stereocenters. The highest BCUT2D eigenvalue weighted by atomic mass is 32.2. The lowest BCUT2D eigenvalue weighted by molar-refractivity contribution is 0.221. The van der Waals surface area contributed by atoms with E-state index >= 15 is 0 Å². The van der Waals surface area contributed by atoms with Crippen LogP contribution in [0, 0.1) is 0 Å². The summed E-state index contributed by atoms with van der Waals surface area (Å²) in [4.78, 5) is 2.31. The quantitative estimate of drug-likeness (QED) is 0.753. The van der Waals surface area contributed by atoms with Gasteiger partial charge in [-0.3, -0.25) is 0 Å². The highest BCUT2D eigenvalue weighted by Gasteiger charge is 2.22. The molecular weight excluding hydrogens is 224 g/mol. The molecule has 2 aromatic rings. The van der Waals surface area contributed by atoms with Gasteiger partial charge in [0, 0.05) is 10.6 Å². The lowest BCUT2D eigenvalue weighted by atomic mass is 10.0. The topological polar surface area (TPSA) is 20.2 Å². The summed E-state index contributed by atoms with van der Waals surface area (Å²) in [6, 6.07) is 10.2. The Balaban J connectivity index is 2.18. The van der Waals surface area contributed by atoms with Gasteiger partial charge in [0.2, 0.25) is 0 Å². The van der Waals surface area contributed by atoms with Crippen molar-refractivity contribution < 1.29 is 5.11 Å². The molecule has 0 saturated heterocycles. The molecule has 0 spiro atoms. The molecule has 15 heavy (non-hydrogen) atoms. The number of hydrogen-bond acceptors (Lipinski definition) is 3. The normalized spacial score (nSPS) is 19.1. The lowest BCUT2D eigenvalue weighted by Crippen LogP contribution is -1.99. The van der Waals surface area contributed by atoms with Crippen molar-refractivity contribution in [2.75, 3.05) is 0 Å². The van der Waals surface area contributed by atoms with Crippen LogP contribution in [0.2, 0.25) is 0 Å². The predicted molar refractivity (Wildman–Crippen MR) is 64.4 cm³/mol. The number of rotatable bonds is 0. The number of benzene rings is 1. The first-order valence-corrected chi connectivity index (χ1v) is 6.69. The largest absolute Gasteiger partial charge is 0.383 e. The Morgan fingerprint density at radius 1 is 1.20 bits per heavy atom. The molecule has 3 heteroatoms. The van der Waals surface area contributed by atoms with Crippen LogP contribution in [0.5, 0.6) is 0 Å². The minimum absolute atomic E-state index is 0.439. The molecule has 1 aromatic heterocycles. The van der Waals surface area contributed by atoms with Gasteiger partial charge in [0.05, 0.1) is 4.88 Å². The smallest absolute Gasteiger partial charge is 0.115 e. The van der Waals surface area contributed by atoms with Crippen molar-refractivity contribution in [2.24, 2.45) is 0 Å². The maximum Gasteiger partial charge on any atom is 0.115 e. The Bertz CT molecular complexity index is 490. The van der Waals surface area contributed by atoms with E-state index in [-0.39, 0.29) is 0 Å². The monoisotopic (exact) mass is 234 g/mol. The van der Waals surface area contributed by atoms with Gasteiger partial charge in [0.1, 0.15) is 6.10 Å². The van der Waals surface area contributed by atoms with E-state index in [4.69, 9.17) is 0 Å². The van der Waals surface area contributed by atoms with Crippen LogP contribution in [-0.4, -0.2) is 5.11 Å². The zero-order valence-electron chi connectivity index (χ0n) is 8.01. The molecule has 0 fully saturated rings. The maximum atomic E-state index is 10.3. The molecule has 76 valence electrons. The summed E-state index contributed by atoms with van der Waals surface area (Å²) in [6.07, 6.45) is -0.439. The van der Waals surface area contributed by atoms with Crippen LogP contribution in [0.25, 0.3) is 0 Å². The van der Waals surface area contributed by atoms with Gasteiger partial charge >= 0.3 is 0 Å². The minimum atomic E-state index is -0.439. The van der Waals surface area contributed by atoms with Crippen LogP contribution in [0.4, 0.5) is 0 Å². The summed E-state index contributed by atoms with van der Waals surface area (Å²) in [5.74, 6) is 0.955. The van der Waals surface area contributed by atoms with E-state index < -0.39 is 6.10 Å². The summed E-state index contributed by atoms with van der Waals surface area (Å²) in [6.45, 7) is 0. The molecule has 0 radical (unpaired) electrons. The number of thioether (sulfide) groups is 1. The average molecular weight is 234 g/mol. The summed E-state index contributed by atoms with van der Waals surface area (Å²) in [7, 11) is 0. The minimum Gasteiger partial charge on any atom is -0.383 e. The first-order valence-electron chi connectivity index (χ1n) is 4.82. The second-order valence-electron chi connectivity index (χ2n) is 3.54. The van der Waals surface area contributed by atoms with Crippen LogP contribution in [0.3, 0.4) is 0 Å². The first kappa shape index (κ1) is 9.46. The molecule has 1 unspecified atom stereocenters. The number of thiophene rings is 1. The van der Waals surface area contributed by atoms with Crippen LogP contribution in [0.1, 0.15) is 22.1 Å². The Kier molecular flexibility index (Phi) is 2.31. The molecule has 2 heterocycles. The van der Waals surface area contributed by atoms with Crippen LogP contribution < -0.4 is 0 Å². The van der Waals surface area contributed by atoms with Crippen molar-refractivity contribution in [3.05, 3.63) is 51.7 Å². The lowest BCUT2D eigenvalue weighted by Gasteiger charge is -2.10. The van der Waals surface area contributed by atoms with Gasteiger partial charge < -0.3 is 5.11 Å². The van der Waals surface area contributed by atoms with Crippen molar-refractivity contribution in [3.8, 4) is 0 Å². The summed E-state index contributed by atoms with van der Waals surface area (Å²) >= 11 is 3.45. The standard InChI is InChI=1S/C12H10OS2/c13-11-9-4-2-1-3-8(9)7-15-10-5-6-14-12(10)11/h1-6,11,13H,7H2. The van der Waals surface area contributed by atoms with Crippen molar-refractivity contribution in [3.63, 3.8) is 0 Å². The Hall–Kier alpha value is -0.770. The van der Waals surface area contributed by atoms with E-state index in [1.165, 1.54) is 10.5 Å². The SMILES string of the molecule is OC1c2ccccc2CSc2ccsc21. The number of aliphatic hydroxyl groups excluding tert-OH is 1. The number of hydrogen-bond donors (Lipinski definition) is 1. The van der Waals surface area contributed by atoms with Gasteiger partial charge in [-0.05, 0) is 22.6 Å². The van der Waals surface area contributed by atoms with Crippen molar-refractivity contribution >= 4 is 23.1 Å². The third-order valence-electron chi connectivity index (χ3n) is 2.64. The predicted octanol–water partition coefficient (Wildman–Crippen LogP) is 3.44. The molecule has 1 aliphatic heterocycles. The summed E-state index contributed by atoms with van der Waals surface area (Å²) in [5.41, 5.74) is 2.31. The fraction of sp³-hybridized carbons (Fsp3) is 0.167. The molecule has 1 aromatic carbocycles. The Morgan fingerprint density at radius 2 is 2.07 bits per heavy atom. The first-order chi connectivity index (χ1) is 7.36. The average Bonchev–Trinajstić information content (AvgIpc) is 2.69. The molecule has 3 rings (SSSR count). The van der Waals surface area contributed by atoms with Crippen LogP contribution >= 0.6 is 23.1 Å². The molecule has 0 aliphatic carbocycles. The van der Waals surface area contributed by atoms with E-state index in [9.17, 15) is 5.11 Å². The Morgan fingerprint density at radius 3 is 3.00 bits per heavy atom. The van der Waals surface area contributed by atoms with Crippen LogP contribution in [-0.2, 0) is 5.75 Å². The van der Waals surface area contributed by atoms with Gasteiger partial charge in [-0.1, -0.05) is 24.3 Å². The van der Waals surface area contributed by atoms with Gasteiger partial charge in [-0.25, -0.2) is 0 Å². The van der Waals surface area contributed by atoms with Gasteiger partial charge in [0.25, 0.3) is 0 Å². The summed E-state index contributed by atoms with van der Waals surface area (Å²) in [5, 5.41) is 12.3. The number of fused-ring (bicyclic) bond motifs is 2. The molecule has 0 saturated carbocycles. The van der Waals surface area contributed by atoms with Crippen LogP contribution in [0.15, 0.2) is 40.6 Å². The molecule has 1 aliphatic rings. The molecule has 0 amide bonds. The van der Waals surface area contributed by atoms with Gasteiger partial charge in [-0.15, -0.1) is 23.1 Å². The number of aliphatic hydroxyl groups is 1. The fourth-order valence-electron chi connectivity index (χ4n) is 1.86. The van der Waals surface area contributed by atoms with Gasteiger partial charge in [0.15, 0.2) is 0 Å². The van der Waals surface area contributed by atoms with E-state index in [0.717, 1.165) is 16.2 Å². The Labute approximate surface area is 96.8 Å². The fourth-order valence-corrected chi connectivity index (χ4v) is 4.05. The van der Waals surface area contributed by atoms with E-state index in [1.807, 2.05) is 30.0 Å². The highest BCUT2D eigenvalue weighted by molar-refractivity contribution is 7.98. The third-order valence-corrected chi connectivity index (χ3v) is 4.86. The molecule has 1 N–H and O–H groups in total. The second-order valence-corrected chi connectivity index (χ2v) is 5.50. The van der Waals surface area contributed by atoms with Crippen molar-refractivity contribution in [1.29, 1.82) is 0 Å². The molecule has 1 nitrogen and oxygen atoms in total. The second kappa shape index (κ2) is 3.67. The van der Waals surface area contributed by atoms with Gasteiger partial charge in [-0.2, -0.15) is 0 Å². The zero-order chi connectivity index (χ0) is 10.3. The maximum absolute atomic E-state index is 10.3. The van der Waals surface area contributed by atoms with E-state index in [2.05, 4.69) is 17.5 Å². The summed E-state index contributed by atoms with van der Waals surface area (Å²) < 4.78 is 0. The van der Waals surface area contributed by atoms with E-state index in [1.54, 1.807) is 11.3 Å².